The van der Waals surface area contributed by atoms with Crippen LogP contribution in [0.2, 0.25) is 0 Å². The van der Waals surface area contributed by atoms with Crippen LogP contribution in [-0.2, 0) is 10.0 Å². The van der Waals surface area contributed by atoms with Gasteiger partial charge in [-0.05, 0) is 49.3 Å². The van der Waals surface area contributed by atoms with Crippen LogP contribution in [0.1, 0.15) is 50.5 Å². The van der Waals surface area contributed by atoms with Crippen LogP contribution in [0.3, 0.4) is 0 Å². The van der Waals surface area contributed by atoms with E-state index in [0.717, 1.165) is 25.2 Å². The minimum absolute atomic E-state index is 0.0371. The molecule has 1 aromatic rings. The largest absolute Gasteiger partial charge is 0.240 e. The van der Waals surface area contributed by atoms with E-state index in [-0.39, 0.29) is 10.9 Å². The van der Waals surface area contributed by atoms with Gasteiger partial charge in [0.1, 0.15) is 0 Å². The Labute approximate surface area is 132 Å². The summed E-state index contributed by atoms with van der Waals surface area (Å²) in [7, 11) is -3.53. The lowest BCUT2D eigenvalue weighted by atomic mass is 9.70. The van der Waals surface area contributed by atoms with Gasteiger partial charge in [0.15, 0.2) is 0 Å². The summed E-state index contributed by atoms with van der Waals surface area (Å²) >= 11 is 0. The van der Waals surface area contributed by atoms with Crippen LogP contribution in [-0.4, -0.2) is 14.5 Å². The smallest absolute Gasteiger partial charge is 0.208 e. The molecule has 0 amide bonds. The number of rotatable bonds is 3. The van der Waals surface area contributed by atoms with E-state index in [9.17, 15) is 8.42 Å². The zero-order valence-corrected chi connectivity index (χ0v) is 13.5. The summed E-state index contributed by atoms with van der Waals surface area (Å²) in [6, 6.07) is 8.25. The highest BCUT2D eigenvalue weighted by molar-refractivity contribution is 7.89. The molecule has 0 radical (unpaired) electrons. The molecule has 3 rings (SSSR count). The number of hydrogen-bond donors (Lipinski definition) is 1. The maximum Gasteiger partial charge on any atom is 0.240 e. The standard InChI is InChI=1S/C17H22N2O2S/c18-12-13-4-3-7-17(10-13)22(20,21)19-16-9-8-14-5-1-2-6-15(14)11-16/h3-4,7,10,14-16,19H,1-2,5-6,8-9,11H2/t14-,15-,16-/m1/s1. The molecule has 2 fully saturated rings. The molecular formula is C17H22N2O2S. The summed E-state index contributed by atoms with van der Waals surface area (Å²) in [6.45, 7) is 0. The highest BCUT2D eigenvalue weighted by atomic mass is 32.2. The van der Waals surface area contributed by atoms with Gasteiger partial charge in [0.2, 0.25) is 10.0 Å². The van der Waals surface area contributed by atoms with E-state index in [0.29, 0.717) is 11.5 Å². The summed E-state index contributed by atoms with van der Waals surface area (Å²) < 4.78 is 27.9. The van der Waals surface area contributed by atoms with Crippen LogP contribution in [0.5, 0.6) is 0 Å². The van der Waals surface area contributed by atoms with Gasteiger partial charge in [-0.2, -0.15) is 5.26 Å². The number of fused-ring (bicyclic) bond motifs is 1. The van der Waals surface area contributed by atoms with Crippen LogP contribution in [0.4, 0.5) is 0 Å². The Balaban J connectivity index is 1.70. The van der Waals surface area contributed by atoms with E-state index in [1.54, 1.807) is 18.2 Å². The summed E-state index contributed by atoms with van der Waals surface area (Å²) in [5, 5.41) is 8.91. The molecule has 0 heterocycles. The maximum absolute atomic E-state index is 12.5. The van der Waals surface area contributed by atoms with Crippen LogP contribution in [0.15, 0.2) is 29.2 Å². The number of benzene rings is 1. The number of nitrogens with zero attached hydrogens (tertiary/aromatic N) is 1. The zero-order chi connectivity index (χ0) is 15.6. The van der Waals surface area contributed by atoms with Crippen molar-refractivity contribution in [3.63, 3.8) is 0 Å². The molecule has 1 aromatic carbocycles. The van der Waals surface area contributed by atoms with Crippen LogP contribution in [0, 0.1) is 23.2 Å². The molecule has 5 heteroatoms. The fraction of sp³-hybridized carbons (Fsp3) is 0.588. The van der Waals surface area contributed by atoms with Gasteiger partial charge in [0.05, 0.1) is 16.5 Å². The van der Waals surface area contributed by atoms with Crippen molar-refractivity contribution >= 4 is 10.0 Å². The van der Waals surface area contributed by atoms with Crippen molar-refractivity contribution in [2.75, 3.05) is 0 Å². The first-order chi connectivity index (χ1) is 10.6. The molecule has 1 N–H and O–H groups in total. The summed E-state index contributed by atoms with van der Waals surface area (Å²) in [5.74, 6) is 1.48. The molecule has 0 bridgehead atoms. The molecule has 2 aliphatic rings. The molecule has 0 aliphatic heterocycles. The van der Waals surface area contributed by atoms with Crippen molar-refractivity contribution in [1.29, 1.82) is 5.26 Å². The first-order valence-electron chi connectivity index (χ1n) is 8.11. The van der Waals surface area contributed by atoms with Gasteiger partial charge in [-0.15, -0.1) is 0 Å². The molecule has 4 nitrogen and oxygen atoms in total. The van der Waals surface area contributed by atoms with Crippen molar-refractivity contribution in [2.45, 2.75) is 55.9 Å². The quantitative estimate of drug-likeness (QED) is 0.930. The predicted octanol–water partition coefficient (Wildman–Crippen LogP) is 3.20. The van der Waals surface area contributed by atoms with Crippen molar-refractivity contribution in [2.24, 2.45) is 11.8 Å². The van der Waals surface area contributed by atoms with E-state index in [4.69, 9.17) is 5.26 Å². The van der Waals surface area contributed by atoms with Crippen molar-refractivity contribution in [3.8, 4) is 6.07 Å². The third kappa shape index (κ3) is 3.34. The molecular weight excluding hydrogens is 296 g/mol. The lowest BCUT2D eigenvalue weighted by Gasteiger charge is -2.39. The molecule has 3 atom stereocenters. The minimum atomic E-state index is -3.53. The molecule has 0 aromatic heterocycles. The van der Waals surface area contributed by atoms with Gasteiger partial charge in [0, 0.05) is 6.04 Å². The van der Waals surface area contributed by atoms with E-state index in [1.807, 2.05) is 6.07 Å². The van der Waals surface area contributed by atoms with E-state index in [2.05, 4.69) is 4.72 Å². The van der Waals surface area contributed by atoms with Gasteiger partial charge in [0.25, 0.3) is 0 Å². The molecule has 22 heavy (non-hydrogen) atoms. The zero-order valence-electron chi connectivity index (χ0n) is 12.7. The number of sulfonamides is 1. The van der Waals surface area contributed by atoms with E-state index < -0.39 is 10.0 Å². The third-order valence-electron chi connectivity index (χ3n) is 5.13. The highest BCUT2D eigenvalue weighted by Gasteiger charge is 2.33. The fourth-order valence-corrected chi connectivity index (χ4v) is 5.33. The Bertz CT molecular complexity index is 678. The second-order valence-electron chi connectivity index (χ2n) is 6.58. The Kier molecular flexibility index (Phi) is 4.51. The minimum Gasteiger partial charge on any atom is -0.208 e. The van der Waals surface area contributed by atoms with Gasteiger partial charge in [-0.3, -0.25) is 0 Å². The second-order valence-corrected chi connectivity index (χ2v) is 8.29. The van der Waals surface area contributed by atoms with Crippen LogP contribution >= 0.6 is 0 Å². The Morgan fingerprint density at radius 3 is 2.64 bits per heavy atom. The van der Waals surface area contributed by atoms with Gasteiger partial charge < -0.3 is 0 Å². The van der Waals surface area contributed by atoms with Gasteiger partial charge in [-0.1, -0.05) is 31.7 Å². The number of hydrogen-bond acceptors (Lipinski definition) is 3. The lowest BCUT2D eigenvalue weighted by molar-refractivity contribution is 0.152. The topological polar surface area (TPSA) is 70.0 Å². The molecule has 118 valence electrons. The van der Waals surface area contributed by atoms with Crippen molar-refractivity contribution < 1.29 is 8.42 Å². The average Bonchev–Trinajstić information content (AvgIpc) is 2.54. The molecule has 2 saturated carbocycles. The Hall–Kier alpha value is -1.38. The molecule has 0 spiro atoms. The first kappa shape index (κ1) is 15.5. The maximum atomic E-state index is 12.5. The fourth-order valence-electron chi connectivity index (χ4n) is 4.00. The number of nitrogens with one attached hydrogen (secondary N) is 1. The normalized spacial score (nSPS) is 28.6. The predicted molar refractivity (Wildman–Crippen MR) is 84.6 cm³/mol. The Morgan fingerprint density at radius 1 is 1.09 bits per heavy atom. The molecule has 0 saturated heterocycles. The third-order valence-corrected chi connectivity index (χ3v) is 6.65. The monoisotopic (exact) mass is 318 g/mol. The first-order valence-corrected chi connectivity index (χ1v) is 9.59. The Morgan fingerprint density at radius 2 is 1.86 bits per heavy atom. The highest BCUT2D eigenvalue weighted by Crippen LogP contribution is 2.40. The van der Waals surface area contributed by atoms with Crippen LogP contribution < -0.4 is 4.72 Å². The molecule has 0 unspecified atom stereocenters. The van der Waals surface area contributed by atoms with Crippen LogP contribution in [0.25, 0.3) is 0 Å². The summed E-state index contributed by atoms with van der Waals surface area (Å²) in [6.07, 6.45) is 8.20. The SMILES string of the molecule is N#Cc1cccc(S(=O)(=O)N[C@@H]2CC[C@H]3CCCC[C@@H]3C2)c1. The average molecular weight is 318 g/mol. The lowest BCUT2D eigenvalue weighted by Crippen LogP contribution is -2.41. The summed E-state index contributed by atoms with van der Waals surface area (Å²) in [5.41, 5.74) is 0.374. The van der Waals surface area contributed by atoms with E-state index >= 15 is 0 Å². The van der Waals surface area contributed by atoms with Crippen molar-refractivity contribution in [1.82, 2.24) is 4.72 Å². The van der Waals surface area contributed by atoms with Gasteiger partial charge >= 0.3 is 0 Å². The molecule has 2 aliphatic carbocycles. The number of nitriles is 1. The van der Waals surface area contributed by atoms with E-state index in [1.165, 1.54) is 31.7 Å². The summed E-state index contributed by atoms with van der Waals surface area (Å²) in [4.78, 5) is 0.192. The van der Waals surface area contributed by atoms with Gasteiger partial charge in [-0.25, -0.2) is 13.1 Å². The second kappa shape index (κ2) is 6.39. The van der Waals surface area contributed by atoms with Crippen molar-refractivity contribution in [3.05, 3.63) is 29.8 Å².